The van der Waals surface area contributed by atoms with Crippen molar-refractivity contribution in [2.75, 3.05) is 18.0 Å². The molecule has 4 rings (SSSR count). The summed E-state index contributed by atoms with van der Waals surface area (Å²) in [5.74, 6) is 1.52. The molecule has 2 aliphatic rings. The number of carbonyl (C=O) groups excluding carboxylic acids is 1. The lowest BCUT2D eigenvalue weighted by molar-refractivity contribution is -0.124. The third-order valence-electron chi connectivity index (χ3n) is 5.12. The zero-order valence-corrected chi connectivity index (χ0v) is 15.5. The van der Waals surface area contributed by atoms with Crippen LogP contribution >= 0.6 is 0 Å². The summed E-state index contributed by atoms with van der Waals surface area (Å²) in [6.45, 7) is 3.61. The van der Waals surface area contributed by atoms with Gasteiger partial charge in [0.15, 0.2) is 0 Å². The number of aromatic nitrogens is 3. The molecule has 8 nitrogen and oxygen atoms in total. The molecule has 0 radical (unpaired) electrons. The Balaban J connectivity index is 1.53. The highest BCUT2D eigenvalue weighted by Gasteiger charge is 2.34. The van der Waals surface area contributed by atoms with Crippen molar-refractivity contribution in [2.45, 2.75) is 51.2 Å². The summed E-state index contributed by atoms with van der Waals surface area (Å²) in [6, 6.07) is 3.09. The summed E-state index contributed by atoms with van der Waals surface area (Å²) in [6.07, 6.45) is 6.31. The first-order valence-electron chi connectivity index (χ1n) is 9.65. The van der Waals surface area contributed by atoms with Crippen LogP contribution in [0.3, 0.4) is 0 Å². The van der Waals surface area contributed by atoms with Crippen molar-refractivity contribution in [1.29, 1.82) is 0 Å². The van der Waals surface area contributed by atoms with Crippen molar-refractivity contribution >= 4 is 11.7 Å². The minimum absolute atomic E-state index is 0.0425. The molecule has 8 heteroatoms. The van der Waals surface area contributed by atoms with Crippen molar-refractivity contribution in [3.63, 3.8) is 0 Å². The molecule has 1 amide bonds. The van der Waals surface area contributed by atoms with Crippen molar-refractivity contribution in [1.82, 2.24) is 20.4 Å². The van der Waals surface area contributed by atoms with Crippen molar-refractivity contribution in [2.24, 2.45) is 5.92 Å². The summed E-state index contributed by atoms with van der Waals surface area (Å²) in [4.78, 5) is 23.2. The van der Waals surface area contributed by atoms with Gasteiger partial charge in [0.25, 0.3) is 5.89 Å². The van der Waals surface area contributed by atoms with Crippen LogP contribution in [0.2, 0.25) is 0 Å². The van der Waals surface area contributed by atoms with Gasteiger partial charge in [-0.05, 0) is 51.2 Å². The summed E-state index contributed by atoms with van der Waals surface area (Å²) in [5.41, 5.74) is 0.804. The molecular weight excluding hydrogens is 346 g/mol. The first kappa shape index (κ1) is 17.9. The van der Waals surface area contributed by atoms with Gasteiger partial charge in [-0.1, -0.05) is 5.16 Å². The molecule has 0 aromatic carbocycles. The van der Waals surface area contributed by atoms with Crippen LogP contribution in [0.1, 0.15) is 51.0 Å². The summed E-state index contributed by atoms with van der Waals surface area (Å²) in [5, 5.41) is 16.9. The molecule has 27 heavy (non-hydrogen) atoms. The summed E-state index contributed by atoms with van der Waals surface area (Å²) < 4.78 is 5.36. The van der Waals surface area contributed by atoms with Crippen LogP contribution in [-0.2, 0) is 4.79 Å². The van der Waals surface area contributed by atoms with Gasteiger partial charge in [0.05, 0.1) is 6.10 Å². The van der Waals surface area contributed by atoms with Gasteiger partial charge in [-0.3, -0.25) is 4.79 Å². The van der Waals surface area contributed by atoms with Gasteiger partial charge in [0.2, 0.25) is 11.7 Å². The average Bonchev–Trinajstić information content (AvgIpc) is 3.44. The van der Waals surface area contributed by atoms with E-state index in [2.05, 4.69) is 25.3 Å². The predicted molar refractivity (Wildman–Crippen MR) is 98.9 cm³/mol. The second-order valence-corrected chi connectivity index (χ2v) is 7.41. The van der Waals surface area contributed by atoms with E-state index in [1.54, 1.807) is 13.1 Å². The van der Waals surface area contributed by atoms with Crippen LogP contribution in [-0.4, -0.2) is 45.3 Å². The van der Waals surface area contributed by atoms with Gasteiger partial charge in [0.1, 0.15) is 11.9 Å². The highest BCUT2D eigenvalue weighted by molar-refractivity contribution is 5.81. The van der Waals surface area contributed by atoms with Gasteiger partial charge in [-0.2, -0.15) is 4.98 Å². The molecule has 1 saturated carbocycles. The van der Waals surface area contributed by atoms with Crippen LogP contribution in [0, 0.1) is 5.92 Å². The highest BCUT2D eigenvalue weighted by atomic mass is 16.5. The van der Waals surface area contributed by atoms with Crippen LogP contribution in [0.4, 0.5) is 5.82 Å². The van der Waals surface area contributed by atoms with Crippen LogP contribution in [0.15, 0.2) is 22.9 Å². The Bertz CT molecular complexity index is 796. The molecule has 2 atom stereocenters. The number of amides is 1. The number of piperidine rings is 1. The van der Waals surface area contributed by atoms with Gasteiger partial charge >= 0.3 is 0 Å². The smallest absolute Gasteiger partial charge is 0.252 e. The zero-order chi connectivity index (χ0) is 18.8. The van der Waals surface area contributed by atoms with Gasteiger partial charge in [-0.25, -0.2) is 4.98 Å². The van der Waals surface area contributed by atoms with Crippen molar-refractivity contribution in [3.05, 3.63) is 24.2 Å². The normalized spacial score (nSPS) is 19.6. The Hall–Kier alpha value is -2.48. The largest absolute Gasteiger partial charge is 0.391 e. The molecule has 2 fully saturated rings. The first-order valence-corrected chi connectivity index (χ1v) is 9.65. The molecule has 0 bridgehead atoms. The molecular formula is C19H25N5O3. The molecule has 2 N–H and O–H groups in total. The lowest BCUT2D eigenvalue weighted by atomic mass is 10.1. The Morgan fingerprint density at radius 1 is 1.33 bits per heavy atom. The fourth-order valence-corrected chi connectivity index (χ4v) is 3.34. The molecule has 0 spiro atoms. The number of anilines is 1. The Labute approximate surface area is 158 Å². The number of aliphatic hydroxyl groups is 1. The maximum Gasteiger partial charge on any atom is 0.252 e. The van der Waals surface area contributed by atoms with Crippen molar-refractivity contribution in [3.8, 4) is 11.4 Å². The predicted octanol–water partition coefficient (Wildman–Crippen LogP) is 2.07. The molecule has 144 valence electrons. The highest BCUT2D eigenvalue weighted by Crippen LogP contribution is 2.30. The zero-order valence-electron chi connectivity index (χ0n) is 15.5. The standard InChI is InChI=1S/C19H25N5O3/c1-12(25)16(21-18(26)13-5-6-13)19-22-17(23-27-19)14-7-8-20-15(11-14)24-9-3-2-4-10-24/h7-8,11-13,16,25H,2-6,9-10H2,1H3,(H,21,26)/t12-,16+/m0/s1. The minimum atomic E-state index is -0.831. The van der Waals surface area contributed by atoms with E-state index in [-0.39, 0.29) is 17.7 Å². The van der Waals surface area contributed by atoms with Crippen molar-refractivity contribution < 1.29 is 14.4 Å². The van der Waals surface area contributed by atoms with E-state index in [0.717, 1.165) is 37.3 Å². The minimum Gasteiger partial charge on any atom is -0.391 e. The van der Waals surface area contributed by atoms with E-state index in [9.17, 15) is 9.90 Å². The second-order valence-electron chi connectivity index (χ2n) is 7.41. The van der Waals surface area contributed by atoms with E-state index < -0.39 is 12.1 Å². The van der Waals surface area contributed by atoms with E-state index >= 15 is 0 Å². The first-order chi connectivity index (χ1) is 13.1. The summed E-state index contributed by atoms with van der Waals surface area (Å²) in [7, 11) is 0. The number of aliphatic hydroxyl groups excluding tert-OH is 1. The lowest BCUT2D eigenvalue weighted by Gasteiger charge is -2.27. The van der Waals surface area contributed by atoms with E-state index in [1.165, 1.54) is 19.3 Å². The molecule has 1 saturated heterocycles. The Morgan fingerprint density at radius 2 is 2.11 bits per heavy atom. The Morgan fingerprint density at radius 3 is 2.81 bits per heavy atom. The number of hydrogen-bond donors (Lipinski definition) is 2. The van der Waals surface area contributed by atoms with Crippen LogP contribution in [0.5, 0.6) is 0 Å². The SMILES string of the molecule is C[C@H](O)[C@@H](NC(=O)C1CC1)c1nc(-c2ccnc(N3CCCCC3)c2)no1. The van der Waals surface area contributed by atoms with E-state index in [4.69, 9.17) is 4.52 Å². The number of nitrogens with zero attached hydrogens (tertiary/aromatic N) is 4. The van der Waals surface area contributed by atoms with Gasteiger partial charge < -0.3 is 19.8 Å². The molecule has 2 aromatic heterocycles. The van der Waals surface area contributed by atoms with E-state index in [0.29, 0.717) is 5.82 Å². The third-order valence-corrected chi connectivity index (χ3v) is 5.12. The van der Waals surface area contributed by atoms with Crippen LogP contribution < -0.4 is 10.2 Å². The van der Waals surface area contributed by atoms with E-state index in [1.807, 2.05) is 12.1 Å². The number of nitrogens with one attached hydrogen (secondary N) is 1. The monoisotopic (exact) mass is 371 g/mol. The quantitative estimate of drug-likeness (QED) is 0.801. The molecule has 1 aliphatic carbocycles. The molecule has 3 heterocycles. The Kier molecular flexibility index (Phi) is 5.07. The topological polar surface area (TPSA) is 104 Å². The average molecular weight is 371 g/mol. The number of hydrogen-bond acceptors (Lipinski definition) is 7. The van der Waals surface area contributed by atoms with Gasteiger partial charge in [-0.15, -0.1) is 0 Å². The fraction of sp³-hybridized carbons (Fsp3) is 0.579. The maximum absolute atomic E-state index is 12.1. The lowest BCUT2D eigenvalue weighted by Crippen LogP contribution is -2.36. The van der Waals surface area contributed by atoms with Crippen LogP contribution in [0.25, 0.3) is 11.4 Å². The fourth-order valence-electron chi connectivity index (χ4n) is 3.34. The number of carbonyl (C=O) groups is 1. The van der Waals surface area contributed by atoms with Gasteiger partial charge in [0, 0.05) is 30.8 Å². The number of pyridine rings is 1. The molecule has 1 aliphatic heterocycles. The molecule has 2 aromatic rings. The summed E-state index contributed by atoms with van der Waals surface area (Å²) >= 11 is 0. The maximum atomic E-state index is 12.1. The third kappa shape index (κ3) is 4.10. The number of rotatable bonds is 6. The second kappa shape index (κ2) is 7.64. The molecule has 0 unspecified atom stereocenters.